The molecule has 0 bridgehead atoms. The Morgan fingerprint density at radius 1 is 1.26 bits per heavy atom. The minimum Gasteiger partial charge on any atom is -0.465 e. The quantitative estimate of drug-likeness (QED) is 0.712. The molecule has 1 N–H and O–H groups in total. The fourth-order valence-corrected chi connectivity index (χ4v) is 4.66. The molecule has 0 aromatic carbocycles. The summed E-state index contributed by atoms with van der Waals surface area (Å²) in [5, 5.41) is 9.52. The second-order valence-electron chi connectivity index (χ2n) is 9.04. The second kappa shape index (κ2) is 7.67. The summed E-state index contributed by atoms with van der Waals surface area (Å²) < 4.78 is 6.63. The molecule has 4 rings (SSSR count). The van der Waals surface area contributed by atoms with Crippen molar-refractivity contribution in [2.24, 2.45) is 5.92 Å². The molecule has 2 atom stereocenters. The number of carbonyl (C=O) groups excluding carboxylic acids is 1. The molecule has 1 fully saturated rings. The molecule has 0 saturated carbocycles. The largest absolute Gasteiger partial charge is 0.465 e. The molecule has 31 heavy (non-hydrogen) atoms. The Kier molecular flexibility index (Phi) is 5.29. The lowest BCUT2D eigenvalue weighted by Gasteiger charge is -2.24. The van der Waals surface area contributed by atoms with Crippen molar-refractivity contribution in [3.05, 3.63) is 50.9 Å². The predicted molar refractivity (Wildman–Crippen MR) is 115 cm³/mol. The number of likely N-dealkylation sites (tertiary alicyclic amines) is 1. The van der Waals surface area contributed by atoms with Crippen LogP contribution in [-0.4, -0.2) is 50.4 Å². The van der Waals surface area contributed by atoms with Crippen LogP contribution >= 0.6 is 11.6 Å². The average Bonchev–Trinajstić information content (AvgIpc) is 3.22. The molecular weight excluding hydrogens is 422 g/mol. The van der Waals surface area contributed by atoms with Crippen LogP contribution < -0.4 is 5.43 Å². The van der Waals surface area contributed by atoms with Crippen molar-refractivity contribution < 1.29 is 19.4 Å². The van der Waals surface area contributed by atoms with E-state index in [9.17, 15) is 19.5 Å². The topological polar surface area (TPSA) is 102 Å². The van der Waals surface area contributed by atoms with Crippen molar-refractivity contribution in [1.29, 1.82) is 0 Å². The van der Waals surface area contributed by atoms with Gasteiger partial charge in [-0.05, 0) is 57.2 Å². The lowest BCUT2D eigenvalue weighted by Crippen LogP contribution is -2.27. The lowest BCUT2D eigenvalue weighted by molar-refractivity contribution is 0.0540. The predicted octanol–water partition coefficient (Wildman–Crippen LogP) is 3.99. The molecule has 0 radical (unpaired) electrons. The van der Waals surface area contributed by atoms with Crippen molar-refractivity contribution in [3.8, 4) is 11.4 Å². The van der Waals surface area contributed by atoms with Gasteiger partial charge in [-0.15, -0.1) is 0 Å². The summed E-state index contributed by atoms with van der Waals surface area (Å²) in [5.74, 6) is 0.122. The molecule has 1 unspecified atom stereocenters. The summed E-state index contributed by atoms with van der Waals surface area (Å²) in [7, 11) is 0. The number of nitrogens with zero attached hydrogens (tertiary/aromatic N) is 3. The van der Waals surface area contributed by atoms with Gasteiger partial charge in [-0.1, -0.05) is 11.6 Å². The summed E-state index contributed by atoms with van der Waals surface area (Å²) in [6.07, 6.45) is 1.38. The average molecular weight is 446 g/mol. The standard InChI is InChI=1S/C22H24ClN3O5/c1-22(2,3)31-21(30)26-17(6-7-19(26)23)16-8-18(27)13-5-4-12-10-25(20(28)29)11-15(12)14(13)9-24-16/h6-9,12,15H,4-5,10-11H2,1-3H3,(H,28,29)/t12?,15-/m0/s1. The van der Waals surface area contributed by atoms with E-state index in [0.717, 1.165) is 12.0 Å². The Balaban J connectivity index is 1.76. The van der Waals surface area contributed by atoms with Crippen molar-refractivity contribution >= 4 is 23.8 Å². The molecule has 1 amide bonds. The van der Waals surface area contributed by atoms with Crippen LogP contribution in [-0.2, 0) is 11.2 Å². The number of amides is 1. The molecule has 0 spiro atoms. The molecule has 2 aliphatic rings. The van der Waals surface area contributed by atoms with Gasteiger partial charge in [0, 0.05) is 36.8 Å². The number of carboxylic acid groups (broad SMARTS) is 1. The molecule has 9 heteroatoms. The Bertz CT molecular complexity index is 1120. The Hall–Kier alpha value is -2.87. The van der Waals surface area contributed by atoms with Crippen LogP contribution in [0, 0.1) is 5.92 Å². The first-order valence-electron chi connectivity index (χ1n) is 10.2. The van der Waals surface area contributed by atoms with E-state index >= 15 is 0 Å². The van der Waals surface area contributed by atoms with Gasteiger partial charge in [0.25, 0.3) is 0 Å². The molecule has 1 aliphatic carbocycles. The summed E-state index contributed by atoms with van der Waals surface area (Å²) >= 11 is 6.23. The van der Waals surface area contributed by atoms with Gasteiger partial charge in [-0.2, -0.15) is 0 Å². The molecule has 164 valence electrons. The summed E-state index contributed by atoms with van der Waals surface area (Å²) in [6, 6.07) is 4.59. The van der Waals surface area contributed by atoms with Gasteiger partial charge < -0.3 is 14.7 Å². The molecular formula is C22H24ClN3O5. The third kappa shape index (κ3) is 4.04. The zero-order chi connectivity index (χ0) is 22.5. The minimum absolute atomic E-state index is 0.0541. The Morgan fingerprint density at radius 2 is 2.00 bits per heavy atom. The van der Waals surface area contributed by atoms with Crippen molar-refractivity contribution in [2.75, 3.05) is 13.1 Å². The number of carbonyl (C=O) groups is 2. The van der Waals surface area contributed by atoms with E-state index < -0.39 is 17.8 Å². The highest BCUT2D eigenvalue weighted by Crippen LogP contribution is 2.40. The Labute approximate surface area is 184 Å². The third-order valence-electron chi connectivity index (χ3n) is 5.80. The number of ether oxygens (including phenoxy) is 1. The first kappa shape index (κ1) is 21.4. The van der Waals surface area contributed by atoms with Crippen LogP contribution in [0.15, 0.2) is 29.2 Å². The van der Waals surface area contributed by atoms with Crippen LogP contribution in [0.3, 0.4) is 0 Å². The van der Waals surface area contributed by atoms with E-state index in [1.165, 1.54) is 15.5 Å². The fraction of sp³-hybridized carbons (Fsp3) is 0.455. The monoisotopic (exact) mass is 445 g/mol. The Morgan fingerprint density at radius 3 is 2.68 bits per heavy atom. The van der Waals surface area contributed by atoms with Crippen LogP contribution in [0.5, 0.6) is 0 Å². The number of aromatic nitrogens is 2. The fourth-order valence-electron chi connectivity index (χ4n) is 4.44. The van der Waals surface area contributed by atoms with Crippen LogP contribution in [0.1, 0.15) is 44.2 Å². The van der Waals surface area contributed by atoms with E-state index in [4.69, 9.17) is 16.3 Å². The summed E-state index contributed by atoms with van der Waals surface area (Å²) in [4.78, 5) is 43.1. The highest BCUT2D eigenvalue weighted by atomic mass is 35.5. The number of rotatable bonds is 1. The van der Waals surface area contributed by atoms with E-state index in [0.29, 0.717) is 36.5 Å². The van der Waals surface area contributed by atoms with Gasteiger partial charge in [-0.3, -0.25) is 9.78 Å². The van der Waals surface area contributed by atoms with Gasteiger partial charge in [0.2, 0.25) is 0 Å². The second-order valence-corrected chi connectivity index (χ2v) is 9.42. The SMILES string of the molecule is CC(C)(C)OC(=O)n1c(Cl)ccc1-c1cc(=O)c2c(cn1)[C@H]1CN(C(=O)O)CC1CC2. The van der Waals surface area contributed by atoms with Crippen molar-refractivity contribution in [2.45, 2.75) is 45.1 Å². The zero-order valence-electron chi connectivity index (χ0n) is 17.6. The lowest BCUT2D eigenvalue weighted by atomic mass is 9.78. The number of hydrogen-bond donors (Lipinski definition) is 1. The molecule has 3 heterocycles. The maximum Gasteiger partial charge on any atom is 0.420 e. The van der Waals surface area contributed by atoms with Crippen LogP contribution in [0.25, 0.3) is 11.4 Å². The maximum atomic E-state index is 13.1. The molecule has 8 nitrogen and oxygen atoms in total. The number of halogens is 1. The van der Waals surface area contributed by atoms with Crippen molar-refractivity contribution in [1.82, 2.24) is 14.5 Å². The number of hydrogen-bond acceptors (Lipinski definition) is 5. The molecule has 2 aromatic heterocycles. The smallest absolute Gasteiger partial charge is 0.420 e. The first-order chi connectivity index (χ1) is 14.5. The summed E-state index contributed by atoms with van der Waals surface area (Å²) in [6.45, 7) is 6.09. The first-order valence-corrected chi connectivity index (χ1v) is 10.5. The van der Waals surface area contributed by atoms with E-state index in [-0.39, 0.29) is 22.4 Å². The van der Waals surface area contributed by atoms with Gasteiger partial charge in [0.1, 0.15) is 10.8 Å². The number of fused-ring (bicyclic) bond motifs is 3. The van der Waals surface area contributed by atoms with Gasteiger partial charge in [0.15, 0.2) is 5.43 Å². The zero-order valence-corrected chi connectivity index (χ0v) is 18.3. The summed E-state index contributed by atoms with van der Waals surface area (Å²) in [5.41, 5.74) is 1.22. The van der Waals surface area contributed by atoms with E-state index in [1.807, 2.05) is 0 Å². The molecule has 1 aliphatic heterocycles. The van der Waals surface area contributed by atoms with E-state index in [1.54, 1.807) is 39.1 Å². The third-order valence-corrected chi connectivity index (χ3v) is 6.10. The van der Waals surface area contributed by atoms with E-state index in [2.05, 4.69) is 4.98 Å². The van der Waals surface area contributed by atoms with Gasteiger partial charge in [0.05, 0.1) is 11.4 Å². The highest BCUT2D eigenvalue weighted by Gasteiger charge is 2.40. The normalized spacial score (nSPS) is 20.2. The molecule has 1 saturated heterocycles. The highest BCUT2D eigenvalue weighted by molar-refractivity contribution is 6.30. The van der Waals surface area contributed by atoms with Gasteiger partial charge in [-0.25, -0.2) is 14.2 Å². The van der Waals surface area contributed by atoms with Gasteiger partial charge >= 0.3 is 12.2 Å². The van der Waals surface area contributed by atoms with Crippen LogP contribution in [0.4, 0.5) is 9.59 Å². The van der Waals surface area contributed by atoms with Crippen LogP contribution in [0.2, 0.25) is 5.15 Å². The molecule has 2 aromatic rings. The minimum atomic E-state index is -0.947. The van der Waals surface area contributed by atoms with Crippen molar-refractivity contribution in [3.63, 3.8) is 0 Å². The maximum absolute atomic E-state index is 13.1.